The molecule has 0 aromatic carbocycles. The summed E-state index contributed by atoms with van der Waals surface area (Å²) in [5.41, 5.74) is 2.55. The molecule has 136 valence electrons. The maximum atomic E-state index is 14.1. The SMILES string of the molecule is Cn1ncnc1C(=O)N1CCc2[nH]cnc2[C@H]1c1cc2c(F)cccn2n1. The minimum absolute atomic E-state index is 0.230. The fourth-order valence-corrected chi connectivity index (χ4v) is 3.55. The second-order valence-corrected chi connectivity index (χ2v) is 6.38. The lowest BCUT2D eigenvalue weighted by Crippen LogP contribution is -2.42. The predicted octanol–water partition coefficient (Wildman–Crippen LogP) is 1.11. The van der Waals surface area contributed by atoms with E-state index in [9.17, 15) is 9.18 Å². The number of hydrogen-bond donors (Lipinski definition) is 1. The molecule has 0 saturated heterocycles. The summed E-state index contributed by atoms with van der Waals surface area (Å²) < 4.78 is 17.1. The van der Waals surface area contributed by atoms with Crippen molar-refractivity contribution in [3.63, 3.8) is 0 Å². The predicted molar refractivity (Wildman–Crippen MR) is 91.3 cm³/mol. The second-order valence-electron chi connectivity index (χ2n) is 6.38. The van der Waals surface area contributed by atoms with Crippen molar-refractivity contribution in [2.45, 2.75) is 12.5 Å². The first kappa shape index (κ1) is 15.7. The van der Waals surface area contributed by atoms with Crippen LogP contribution in [0.5, 0.6) is 0 Å². The molecule has 1 aliphatic rings. The molecule has 10 heteroatoms. The third-order valence-electron chi connectivity index (χ3n) is 4.84. The highest BCUT2D eigenvalue weighted by atomic mass is 19.1. The van der Waals surface area contributed by atoms with Gasteiger partial charge < -0.3 is 9.88 Å². The molecule has 4 aromatic rings. The van der Waals surface area contributed by atoms with Crippen molar-refractivity contribution < 1.29 is 9.18 Å². The summed E-state index contributed by atoms with van der Waals surface area (Å²) in [6.45, 7) is 0.460. The molecule has 1 aliphatic heterocycles. The number of aryl methyl sites for hydroxylation is 1. The van der Waals surface area contributed by atoms with Crippen LogP contribution in [-0.4, -0.2) is 51.7 Å². The second kappa shape index (κ2) is 5.73. The zero-order valence-corrected chi connectivity index (χ0v) is 14.4. The Kier molecular flexibility index (Phi) is 3.33. The fraction of sp³-hybridized carbons (Fsp3) is 0.235. The molecule has 4 aromatic heterocycles. The molecule has 5 rings (SSSR count). The highest BCUT2D eigenvalue weighted by Crippen LogP contribution is 2.34. The van der Waals surface area contributed by atoms with Crippen molar-refractivity contribution >= 4 is 11.4 Å². The van der Waals surface area contributed by atoms with Crippen LogP contribution in [0.3, 0.4) is 0 Å². The maximum Gasteiger partial charge on any atom is 0.292 e. The zero-order chi connectivity index (χ0) is 18.5. The van der Waals surface area contributed by atoms with Crippen LogP contribution in [-0.2, 0) is 13.5 Å². The van der Waals surface area contributed by atoms with Crippen LogP contribution >= 0.6 is 0 Å². The summed E-state index contributed by atoms with van der Waals surface area (Å²) in [6.07, 6.45) is 5.25. The number of hydrogen-bond acceptors (Lipinski definition) is 5. The van der Waals surface area contributed by atoms with Crippen molar-refractivity contribution in [1.82, 2.24) is 39.2 Å². The molecular weight excluding hydrogens is 351 g/mol. The highest BCUT2D eigenvalue weighted by molar-refractivity contribution is 5.91. The van der Waals surface area contributed by atoms with Gasteiger partial charge in [-0.05, 0) is 18.2 Å². The van der Waals surface area contributed by atoms with E-state index in [4.69, 9.17) is 0 Å². The molecule has 0 saturated carbocycles. The Morgan fingerprint density at radius 1 is 1.37 bits per heavy atom. The Morgan fingerprint density at radius 3 is 3.04 bits per heavy atom. The smallest absolute Gasteiger partial charge is 0.292 e. The van der Waals surface area contributed by atoms with Crippen LogP contribution in [0.4, 0.5) is 4.39 Å². The lowest BCUT2D eigenvalue weighted by molar-refractivity contribution is 0.0669. The third kappa shape index (κ3) is 2.33. The average Bonchev–Trinajstić information content (AvgIpc) is 3.39. The van der Waals surface area contributed by atoms with E-state index in [0.29, 0.717) is 29.9 Å². The van der Waals surface area contributed by atoms with Crippen LogP contribution in [0.25, 0.3) is 5.52 Å². The van der Waals surface area contributed by atoms with Gasteiger partial charge in [0.15, 0.2) is 0 Å². The van der Waals surface area contributed by atoms with Gasteiger partial charge in [0.25, 0.3) is 5.91 Å². The van der Waals surface area contributed by atoms with Gasteiger partial charge in [-0.1, -0.05) is 0 Å². The van der Waals surface area contributed by atoms with E-state index in [0.717, 1.165) is 5.69 Å². The summed E-state index contributed by atoms with van der Waals surface area (Å²) in [4.78, 5) is 26.4. The molecule has 0 aliphatic carbocycles. The summed E-state index contributed by atoms with van der Waals surface area (Å²) in [5, 5.41) is 8.48. The Balaban J connectivity index is 1.66. The van der Waals surface area contributed by atoms with Gasteiger partial charge in [-0.25, -0.2) is 23.6 Å². The topological polar surface area (TPSA) is 97.0 Å². The zero-order valence-electron chi connectivity index (χ0n) is 14.4. The Morgan fingerprint density at radius 2 is 2.26 bits per heavy atom. The number of amides is 1. The first-order chi connectivity index (χ1) is 13.1. The van der Waals surface area contributed by atoms with E-state index in [1.54, 1.807) is 36.6 Å². The van der Waals surface area contributed by atoms with Gasteiger partial charge >= 0.3 is 0 Å². The minimum Gasteiger partial charge on any atom is -0.348 e. The molecule has 0 bridgehead atoms. The van der Waals surface area contributed by atoms with Gasteiger partial charge in [0.2, 0.25) is 5.82 Å². The van der Waals surface area contributed by atoms with Gasteiger partial charge in [0.05, 0.1) is 17.7 Å². The van der Waals surface area contributed by atoms with Crippen LogP contribution in [0.15, 0.2) is 37.1 Å². The monoisotopic (exact) mass is 366 g/mol. The molecule has 5 heterocycles. The third-order valence-corrected chi connectivity index (χ3v) is 4.84. The Hall–Kier alpha value is -3.56. The van der Waals surface area contributed by atoms with E-state index < -0.39 is 6.04 Å². The largest absolute Gasteiger partial charge is 0.348 e. The molecule has 1 atom stereocenters. The van der Waals surface area contributed by atoms with Crippen molar-refractivity contribution in [3.05, 3.63) is 65.8 Å². The van der Waals surface area contributed by atoms with Crippen LogP contribution in [0, 0.1) is 5.82 Å². The molecule has 0 unspecified atom stereocenters. The van der Waals surface area contributed by atoms with Gasteiger partial charge in [-0.2, -0.15) is 10.2 Å². The van der Waals surface area contributed by atoms with Crippen molar-refractivity contribution in [2.24, 2.45) is 7.05 Å². The number of carbonyl (C=O) groups excluding carboxylic acids is 1. The first-order valence-electron chi connectivity index (χ1n) is 8.44. The van der Waals surface area contributed by atoms with Gasteiger partial charge in [0.1, 0.15) is 23.7 Å². The van der Waals surface area contributed by atoms with Crippen LogP contribution in [0.1, 0.15) is 33.7 Å². The number of nitrogens with zero attached hydrogens (tertiary/aromatic N) is 7. The average molecular weight is 366 g/mol. The molecular formula is C17H15FN8O. The number of nitrogens with one attached hydrogen (secondary N) is 1. The molecule has 0 spiro atoms. The molecule has 0 fully saturated rings. The Bertz CT molecular complexity index is 1160. The summed E-state index contributed by atoms with van der Waals surface area (Å²) >= 11 is 0. The summed E-state index contributed by atoms with van der Waals surface area (Å²) in [5.74, 6) is -0.416. The summed E-state index contributed by atoms with van der Waals surface area (Å²) in [6, 6.07) is 4.08. The number of imidazole rings is 1. The quantitative estimate of drug-likeness (QED) is 0.573. The van der Waals surface area contributed by atoms with Crippen molar-refractivity contribution in [2.75, 3.05) is 6.54 Å². The molecule has 9 nitrogen and oxygen atoms in total. The lowest BCUT2D eigenvalue weighted by Gasteiger charge is -2.33. The van der Waals surface area contributed by atoms with E-state index in [2.05, 4.69) is 25.1 Å². The standard InChI is InChI=1S/C17H15FN8O/c1-24-16(21-9-22-24)17(27)25-6-4-11-14(20-8-19-11)15(25)12-7-13-10(18)3-2-5-26(13)23-12/h2-3,5,7-9,15H,4,6H2,1H3,(H,19,20)/t15-/m1/s1. The van der Waals surface area contributed by atoms with Gasteiger partial charge in [-0.3, -0.25) is 4.79 Å². The number of carbonyl (C=O) groups is 1. The van der Waals surface area contributed by atoms with Crippen molar-refractivity contribution in [1.29, 1.82) is 0 Å². The Labute approximate surface area is 152 Å². The molecule has 1 amide bonds. The van der Waals surface area contributed by atoms with Crippen molar-refractivity contribution in [3.8, 4) is 0 Å². The van der Waals surface area contributed by atoms with E-state index in [-0.39, 0.29) is 17.5 Å². The lowest BCUT2D eigenvalue weighted by atomic mass is 9.99. The minimum atomic E-state index is -0.538. The first-order valence-corrected chi connectivity index (χ1v) is 8.44. The molecule has 0 radical (unpaired) electrons. The van der Waals surface area contributed by atoms with Gasteiger partial charge in [-0.15, -0.1) is 0 Å². The van der Waals surface area contributed by atoms with Crippen LogP contribution < -0.4 is 0 Å². The molecule has 27 heavy (non-hydrogen) atoms. The molecule has 1 N–H and O–H groups in total. The fourth-order valence-electron chi connectivity index (χ4n) is 3.55. The summed E-state index contributed by atoms with van der Waals surface area (Å²) in [7, 11) is 1.67. The van der Waals surface area contributed by atoms with E-state index >= 15 is 0 Å². The number of fused-ring (bicyclic) bond motifs is 2. The maximum absolute atomic E-state index is 14.1. The normalized spacial score (nSPS) is 16.7. The number of aromatic nitrogens is 7. The van der Waals surface area contributed by atoms with Crippen LogP contribution in [0.2, 0.25) is 0 Å². The van der Waals surface area contributed by atoms with E-state index in [1.807, 2.05) is 0 Å². The number of halogens is 1. The van der Waals surface area contributed by atoms with E-state index in [1.165, 1.54) is 21.6 Å². The highest BCUT2D eigenvalue weighted by Gasteiger charge is 2.37. The van der Waals surface area contributed by atoms with Gasteiger partial charge in [0, 0.05) is 31.9 Å². The number of aromatic amines is 1. The number of rotatable bonds is 2. The number of pyridine rings is 1. The number of H-pyrrole nitrogens is 1.